The van der Waals surface area contributed by atoms with Gasteiger partial charge in [-0.3, -0.25) is 0 Å². The second kappa shape index (κ2) is 3.93. The minimum Gasteiger partial charge on any atom is -0.361 e. The fourth-order valence-corrected chi connectivity index (χ4v) is 0.905. The molecular weight excluding hydrogens is 189 g/mol. The van der Waals surface area contributed by atoms with Crippen molar-refractivity contribution in [3.63, 3.8) is 0 Å². The normalized spacial score (nSPS) is 19.9. The molecule has 0 aromatic rings. The number of rotatable bonds is 1. The molecule has 4 nitrogen and oxygen atoms in total. The molecule has 0 aromatic carbocycles. The molecule has 1 aliphatic rings. The van der Waals surface area contributed by atoms with Crippen molar-refractivity contribution in [3.05, 3.63) is 0 Å². The van der Waals surface area contributed by atoms with Gasteiger partial charge in [-0.2, -0.15) is 13.2 Å². The van der Waals surface area contributed by atoms with Crippen molar-refractivity contribution in [2.75, 3.05) is 26.2 Å². The summed E-state index contributed by atoms with van der Waals surface area (Å²) in [6.07, 6.45) is -4.91. The molecule has 1 rings (SSSR count). The van der Waals surface area contributed by atoms with Crippen LogP contribution in [0.1, 0.15) is 0 Å². The van der Waals surface area contributed by atoms with Crippen molar-refractivity contribution in [1.82, 2.24) is 10.4 Å². The van der Waals surface area contributed by atoms with E-state index in [1.165, 1.54) is 0 Å². The van der Waals surface area contributed by atoms with Crippen LogP contribution in [0.15, 0.2) is 0 Å². The van der Waals surface area contributed by atoms with Crippen LogP contribution in [-0.4, -0.2) is 43.4 Å². The molecular formula is C6H9F3N2O2. The average molecular weight is 198 g/mol. The maximum Gasteiger partial charge on any atom is 0.492 e. The van der Waals surface area contributed by atoms with Crippen LogP contribution >= 0.6 is 0 Å². The standard InChI is InChI=1S/C6H9F3N2O2/c7-6(8,9)5(12)13-11-3-1-10-2-4-11/h10H,1-4H2. The van der Waals surface area contributed by atoms with Gasteiger partial charge in [0, 0.05) is 26.2 Å². The summed E-state index contributed by atoms with van der Waals surface area (Å²) in [4.78, 5) is 14.4. The molecule has 13 heavy (non-hydrogen) atoms. The van der Waals surface area contributed by atoms with Gasteiger partial charge >= 0.3 is 12.1 Å². The van der Waals surface area contributed by atoms with Crippen molar-refractivity contribution in [3.8, 4) is 0 Å². The number of alkyl halides is 3. The van der Waals surface area contributed by atoms with Gasteiger partial charge in [-0.25, -0.2) is 4.79 Å². The van der Waals surface area contributed by atoms with E-state index in [0.717, 1.165) is 5.06 Å². The zero-order valence-corrected chi connectivity index (χ0v) is 6.73. The predicted octanol–water partition coefficient (Wildman–Crippen LogP) is -0.0879. The van der Waals surface area contributed by atoms with Crippen LogP contribution in [-0.2, 0) is 9.63 Å². The molecule has 1 N–H and O–H groups in total. The molecule has 0 unspecified atom stereocenters. The van der Waals surface area contributed by atoms with Crippen LogP contribution in [0, 0.1) is 0 Å². The molecule has 0 saturated carbocycles. The smallest absolute Gasteiger partial charge is 0.361 e. The summed E-state index contributed by atoms with van der Waals surface area (Å²) in [5, 5.41) is 3.92. The lowest BCUT2D eigenvalue weighted by Crippen LogP contribution is -2.46. The van der Waals surface area contributed by atoms with Gasteiger partial charge in [0.25, 0.3) is 0 Å². The van der Waals surface area contributed by atoms with Gasteiger partial charge in [-0.1, -0.05) is 0 Å². The predicted molar refractivity (Wildman–Crippen MR) is 36.6 cm³/mol. The number of hydroxylamine groups is 2. The Morgan fingerprint density at radius 2 is 1.85 bits per heavy atom. The Morgan fingerprint density at radius 3 is 2.31 bits per heavy atom. The highest BCUT2D eigenvalue weighted by Crippen LogP contribution is 2.17. The number of halogens is 3. The number of carbonyl (C=O) groups excluding carboxylic acids is 1. The lowest BCUT2D eigenvalue weighted by molar-refractivity contribution is -0.239. The molecule has 0 spiro atoms. The summed E-state index contributed by atoms with van der Waals surface area (Å²) in [5.74, 6) is -2.16. The SMILES string of the molecule is O=C(ON1CCNCC1)C(F)(F)F. The third kappa shape index (κ3) is 3.19. The van der Waals surface area contributed by atoms with Gasteiger partial charge in [0.15, 0.2) is 0 Å². The summed E-state index contributed by atoms with van der Waals surface area (Å²) in [5.41, 5.74) is 0. The van der Waals surface area contributed by atoms with E-state index >= 15 is 0 Å². The minimum atomic E-state index is -4.91. The summed E-state index contributed by atoms with van der Waals surface area (Å²) in [7, 11) is 0. The fourth-order valence-electron chi connectivity index (χ4n) is 0.905. The van der Waals surface area contributed by atoms with Crippen molar-refractivity contribution >= 4 is 5.97 Å². The molecule has 76 valence electrons. The highest BCUT2D eigenvalue weighted by atomic mass is 19.4. The van der Waals surface area contributed by atoms with Gasteiger partial charge in [-0.05, 0) is 0 Å². The second-order valence-corrected chi connectivity index (χ2v) is 2.56. The van der Waals surface area contributed by atoms with Gasteiger partial charge in [0.1, 0.15) is 0 Å². The van der Waals surface area contributed by atoms with E-state index in [2.05, 4.69) is 10.2 Å². The lowest BCUT2D eigenvalue weighted by Gasteiger charge is -2.25. The van der Waals surface area contributed by atoms with Gasteiger partial charge in [-0.15, -0.1) is 5.06 Å². The third-order valence-electron chi connectivity index (χ3n) is 1.52. The maximum absolute atomic E-state index is 11.7. The van der Waals surface area contributed by atoms with E-state index in [9.17, 15) is 18.0 Å². The monoisotopic (exact) mass is 198 g/mol. The first-order chi connectivity index (χ1) is 6.00. The topological polar surface area (TPSA) is 41.6 Å². The zero-order valence-electron chi connectivity index (χ0n) is 6.73. The molecule has 7 heteroatoms. The number of nitrogens with one attached hydrogen (secondary N) is 1. The first-order valence-electron chi connectivity index (χ1n) is 3.75. The molecule has 1 aliphatic heterocycles. The molecule has 0 amide bonds. The maximum atomic E-state index is 11.7. The largest absolute Gasteiger partial charge is 0.492 e. The van der Waals surface area contributed by atoms with Crippen LogP contribution in [0.2, 0.25) is 0 Å². The Labute approximate surface area is 72.6 Å². The quantitative estimate of drug-likeness (QED) is 0.639. The summed E-state index contributed by atoms with van der Waals surface area (Å²) in [6.45, 7) is 1.60. The average Bonchev–Trinajstić information content (AvgIpc) is 2.04. The van der Waals surface area contributed by atoms with E-state index < -0.39 is 12.1 Å². The molecule has 0 bridgehead atoms. The molecule has 1 fully saturated rings. The fraction of sp³-hybridized carbons (Fsp3) is 0.833. The summed E-state index contributed by atoms with van der Waals surface area (Å²) < 4.78 is 35.1. The summed E-state index contributed by atoms with van der Waals surface area (Å²) >= 11 is 0. The van der Waals surface area contributed by atoms with Gasteiger partial charge in [0.2, 0.25) is 0 Å². The van der Waals surface area contributed by atoms with Crippen molar-refractivity contribution in [1.29, 1.82) is 0 Å². The highest BCUT2D eigenvalue weighted by molar-refractivity contribution is 5.75. The molecule has 1 saturated heterocycles. The number of nitrogens with zero attached hydrogens (tertiary/aromatic N) is 1. The van der Waals surface area contributed by atoms with Crippen molar-refractivity contribution in [2.24, 2.45) is 0 Å². The molecule has 0 atom stereocenters. The van der Waals surface area contributed by atoms with Gasteiger partial charge < -0.3 is 10.2 Å². The van der Waals surface area contributed by atoms with Gasteiger partial charge in [0.05, 0.1) is 0 Å². The summed E-state index contributed by atoms with van der Waals surface area (Å²) in [6, 6.07) is 0. The van der Waals surface area contributed by atoms with Crippen LogP contribution < -0.4 is 5.32 Å². The van der Waals surface area contributed by atoms with E-state index in [1.807, 2.05) is 0 Å². The van der Waals surface area contributed by atoms with E-state index in [4.69, 9.17) is 0 Å². The first kappa shape index (κ1) is 10.3. The van der Waals surface area contributed by atoms with Crippen LogP contribution in [0.25, 0.3) is 0 Å². The van der Waals surface area contributed by atoms with Crippen LogP contribution in [0.3, 0.4) is 0 Å². The minimum absolute atomic E-state index is 0.280. The highest BCUT2D eigenvalue weighted by Gasteiger charge is 2.42. The van der Waals surface area contributed by atoms with Crippen LogP contribution in [0.5, 0.6) is 0 Å². The molecule has 0 aliphatic carbocycles. The Hall–Kier alpha value is -0.820. The lowest BCUT2D eigenvalue weighted by atomic mass is 10.4. The van der Waals surface area contributed by atoms with Crippen molar-refractivity contribution < 1.29 is 22.8 Å². The molecule has 1 heterocycles. The molecule has 0 aromatic heterocycles. The van der Waals surface area contributed by atoms with E-state index in [0.29, 0.717) is 13.1 Å². The Morgan fingerprint density at radius 1 is 1.31 bits per heavy atom. The van der Waals surface area contributed by atoms with Crippen LogP contribution in [0.4, 0.5) is 13.2 Å². The zero-order chi connectivity index (χ0) is 9.90. The molecule has 0 radical (unpaired) electrons. The Balaban J connectivity index is 2.35. The first-order valence-corrected chi connectivity index (χ1v) is 3.75. The number of hydrogen-bond acceptors (Lipinski definition) is 4. The second-order valence-electron chi connectivity index (χ2n) is 2.56. The van der Waals surface area contributed by atoms with Crippen molar-refractivity contribution in [2.45, 2.75) is 6.18 Å². The third-order valence-corrected chi connectivity index (χ3v) is 1.52. The Bertz CT molecular complexity index is 189. The Kier molecular flexibility index (Phi) is 3.10. The van der Waals surface area contributed by atoms with E-state index in [1.54, 1.807) is 0 Å². The number of hydrogen-bond donors (Lipinski definition) is 1. The number of carbonyl (C=O) groups is 1. The number of piperazine rings is 1. The van der Waals surface area contributed by atoms with E-state index in [-0.39, 0.29) is 13.1 Å².